The van der Waals surface area contributed by atoms with E-state index >= 15 is 0 Å². The van der Waals surface area contributed by atoms with Crippen molar-refractivity contribution in [2.45, 2.75) is 0 Å². The Morgan fingerprint density at radius 3 is 0.833 bits per heavy atom. The van der Waals surface area contributed by atoms with Gasteiger partial charge in [0, 0.05) is 34.1 Å². The Labute approximate surface area is 164 Å². The van der Waals surface area contributed by atoms with Crippen molar-refractivity contribution in [3.05, 3.63) is 0 Å². The van der Waals surface area contributed by atoms with Crippen LogP contribution >= 0.6 is 0 Å². The average molecular weight is 366 g/mol. The van der Waals surface area contributed by atoms with Gasteiger partial charge in [0.25, 0.3) is 0 Å². The Balaban J connectivity index is 0. The van der Waals surface area contributed by atoms with Crippen molar-refractivity contribution in [3.63, 3.8) is 0 Å². The van der Waals surface area contributed by atoms with Crippen LogP contribution in [0.1, 0.15) is 0 Å². The molecule has 0 aliphatic carbocycles. The zero-order valence-corrected chi connectivity index (χ0v) is 3.02. The summed E-state index contributed by atoms with van der Waals surface area (Å²) < 4.78 is 0. The third-order valence-corrected chi connectivity index (χ3v) is 0. The Morgan fingerprint density at radius 2 is 0.833 bits per heavy atom. The molecule has 0 saturated carbocycles. The molecule has 0 aliphatic rings. The summed E-state index contributed by atoms with van der Waals surface area (Å²) in [7, 11) is 0. The van der Waals surface area contributed by atoms with Gasteiger partial charge in [-0.1, -0.05) is 0 Å². The summed E-state index contributed by atoms with van der Waals surface area (Å²) in [4.78, 5) is 0. The van der Waals surface area contributed by atoms with Crippen molar-refractivity contribution in [1.82, 2.24) is 0 Å². The van der Waals surface area contributed by atoms with Gasteiger partial charge in [0.1, 0.15) is 0 Å². The zero-order chi connectivity index (χ0) is 0. The summed E-state index contributed by atoms with van der Waals surface area (Å²) in [6.07, 6.45) is 0. The molecule has 0 amide bonds. The van der Waals surface area contributed by atoms with E-state index in [0.717, 1.165) is 0 Å². The first-order chi connectivity index (χ1) is 0. The molecule has 0 rings (SSSR count). The van der Waals surface area contributed by atoms with Gasteiger partial charge in [-0.3, -0.25) is 0 Å². The molecule has 0 fully saturated rings. The van der Waals surface area contributed by atoms with E-state index in [1.54, 1.807) is 0 Å². The van der Waals surface area contributed by atoms with Crippen LogP contribution in [0.4, 0.5) is 0 Å². The smallest absolute Gasteiger partial charge is 0 e. The van der Waals surface area contributed by atoms with E-state index in [-0.39, 0.29) is 169 Å². The summed E-state index contributed by atoms with van der Waals surface area (Å²) in [5.74, 6) is 0. The Hall–Kier alpha value is 5.35. The maximum Gasteiger partial charge on any atom is 0 e. The van der Waals surface area contributed by atoms with Gasteiger partial charge in [0.2, 0.25) is 0 Å². The SMILES string of the molecule is [BaH2].[CaH2].[CaH2].[Fe].[Mn].[SiH4]. The summed E-state index contributed by atoms with van der Waals surface area (Å²) in [6, 6.07) is 0. The van der Waals surface area contributed by atoms with Crippen molar-refractivity contribution in [2.75, 3.05) is 0 Å². The third-order valence-electron chi connectivity index (χ3n) is 0. The molecule has 0 unspecified atom stereocenters. The minimum Gasteiger partial charge on any atom is -0.0149 e. The molecule has 0 bridgehead atoms. The van der Waals surface area contributed by atoms with Crippen LogP contribution in [0, 0.1) is 0 Å². The zero-order valence-electron chi connectivity index (χ0n) is 0.732. The predicted octanol–water partition coefficient (Wildman–Crippen LogP) is -4.21. The molecule has 6 heteroatoms. The van der Waals surface area contributed by atoms with Crippen LogP contribution in [0.5, 0.6) is 0 Å². The van der Waals surface area contributed by atoms with Crippen molar-refractivity contribution >= 4 is 135 Å². The second-order valence-corrected chi connectivity index (χ2v) is 0. The molecular weight excluding hydrogens is 356 g/mol. The topological polar surface area (TPSA) is 0 Å². The van der Waals surface area contributed by atoms with Gasteiger partial charge in [0.15, 0.2) is 0 Å². The first-order valence-electron chi connectivity index (χ1n) is 0. The van der Waals surface area contributed by atoms with Gasteiger partial charge in [-0.05, 0) is 11.0 Å². The molecule has 0 spiro atoms. The molecule has 0 saturated heterocycles. The molecule has 0 nitrogen and oxygen atoms in total. The molecule has 35 valence electrons. The molecular formula is H10BaCa2FeMnSi. The summed E-state index contributed by atoms with van der Waals surface area (Å²) in [5, 5.41) is 0. The second-order valence-electron chi connectivity index (χ2n) is 0. The van der Waals surface area contributed by atoms with Crippen molar-refractivity contribution in [3.8, 4) is 0 Å². The monoisotopic (exact) mass is 367 g/mol. The van der Waals surface area contributed by atoms with Crippen LogP contribution in [-0.4, -0.2) is 135 Å². The van der Waals surface area contributed by atoms with E-state index in [0.29, 0.717) is 0 Å². The number of rotatable bonds is 0. The molecule has 0 heterocycles. The molecule has 0 aromatic heterocycles. The molecule has 0 N–H and O–H groups in total. The number of hydrogen-bond acceptors (Lipinski definition) is 0. The van der Waals surface area contributed by atoms with Crippen LogP contribution in [-0.2, 0) is 34.1 Å². The molecule has 0 aliphatic heterocycles. The Bertz CT molecular complexity index is 13.5. The maximum absolute atomic E-state index is 0. The van der Waals surface area contributed by atoms with Crippen molar-refractivity contribution in [1.29, 1.82) is 0 Å². The first-order valence-corrected chi connectivity index (χ1v) is 0. The van der Waals surface area contributed by atoms with Crippen LogP contribution in [0.2, 0.25) is 0 Å². The van der Waals surface area contributed by atoms with Gasteiger partial charge in [0.05, 0.1) is 0 Å². The molecule has 1 radical (unpaired) electrons. The van der Waals surface area contributed by atoms with E-state index in [1.165, 1.54) is 0 Å². The van der Waals surface area contributed by atoms with E-state index in [9.17, 15) is 0 Å². The van der Waals surface area contributed by atoms with Gasteiger partial charge < -0.3 is 0 Å². The van der Waals surface area contributed by atoms with Gasteiger partial charge in [-0.15, -0.1) is 0 Å². The Kier molecular flexibility index (Phi) is 224. The van der Waals surface area contributed by atoms with E-state index in [1.807, 2.05) is 0 Å². The van der Waals surface area contributed by atoms with E-state index in [2.05, 4.69) is 0 Å². The third kappa shape index (κ3) is 22.8. The van der Waals surface area contributed by atoms with E-state index < -0.39 is 0 Å². The standard InChI is InChI=1S/Ba.2Ca.Fe.Mn.H4Si.6H/h;;;;;1H4;;;;;;. The largest absolute Gasteiger partial charge is 0.0149 e. The van der Waals surface area contributed by atoms with Crippen LogP contribution in [0.3, 0.4) is 0 Å². The van der Waals surface area contributed by atoms with E-state index in [4.69, 9.17) is 0 Å². The Morgan fingerprint density at radius 1 is 0.833 bits per heavy atom. The van der Waals surface area contributed by atoms with Gasteiger partial charge in [-0.25, -0.2) is 0 Å². The summed E-state index contributed by atoms with van der Waals surface area (Å²) in [6.45, 7) is 0. The quantitative estimate of drug-likeness (QED) is 0.382. The average Bonchev–Trinajstić information content (AvgIpc) is 0. The van der Waals surface area contributed by atoms with Crippen LogP contribution < -0.4 is 0 Å². The number of hydrogen-bond donors (Lipinski definition) is 0. The molecule has 0 aromatic carbocycles. The van der Waals surface area contributed by atoms with Crippen LogP contribution in [0.25, 0.3) is 0 Å². The fourth-order valence-corrected chi connectivity index (χ4v) is 0. The summed E-state index contributed by atoms with van der Waals surface area (Å²) in [5.41, 5.74) is 0. The fourth-order valence-electron chi connectivity index (χ4n) is 0. The predicted molar refractivity (Wildman–Crippen MR) is 37.0 cm³/mol. The minimum atomic E-state index is 0. The van der Waals surface area contributed by atoms with Crippen molar-refractivity contribution in [2.24, 2.45) is 0 Å². The second kappa shape index (κ2) is 31.6. The maximum atomic E-state index is 0. The van der Waals surface area contributed by atoms with Crippen LogP contribution in [0.15, 0.2) is 0 Å². The normalized spacial score (nSPS) is 0. The minimum absolute atomic E-state index is 0. The van der Waals surface area contributed by atoms with Crippen molar-refractivity contribution < 1.29 is 34.1 Å². The van der Waals surface area contributed by atoms with Gasteiger partial charge in [-0.2, -0.15) is 0 Å². The molecule has 0 aromatic rings. The van der Waals surface area contributed by atoms with Gasteiger partial charge >= 0.3 is 124 Å². The molecule has 0 atom stereocenters. The first kappa shape index (κ1) is 42.5. The summed E-state index contributed by atoms with van der Waals surface area (Å²) >= 11 is 0. The molecule has 6 heavy (non-hydrogen) atoms. The fraction of sp³-hybridized carbons (Fsp3) is 0.